The summed E-state index contributed by atoms with van der Waals surface area (Å²) < 4.78 is 0. The van der Waals surface area contributed by atoms with E-state index in [0.29, 0.717) is 12.8 Å². The summed E-state index contributed by atoms with van der Waals surface area (Å²) in [4.78, 5) is 12.4. The van der Waals surface area contributed by atoms with Gasteiger partial charge in [0, 0.05) is 0 Å². The molecule has 1 aliphatic carbocycles. The topological polar surface area (TPSA) is 73.1 Å². The zero-order chi connectivity index (χ0) is 14.4. The third-order valence-corrected chi connectivity index (χ3v) is 4.05. The van der Waals surface area contributed by atoms with E-state index in [1.54, 1.807) is 0 Å². The van der Waals surface area contributed by atoms with Crippen LogP contribution in [0.25, 0.3) is 0 Å². The first kappa shape index (κ1) is 14.5. The van der Waals surface area contributed by atoms with Crippen LogP contribution in [0.4, 0.5) is 0 Å². The molecule has 0 radical (unpaired) electrons. The molecule has 4 heteroatoms. The number of amides is 1. The lowest BCUT2D eigenvalue weighted by Gasteiger charge is -2.31. The largest absolute Gasteiger partial charge is 0.394 e. The van der Waals surface area contributed by atoms with Gasteiger partial charge in [0.05, 0.1) is 18.7 Å². The van der Waals surface area contributed by atoms with E-state index in [2.05, 4.69) is 11.4 Å². The fourth-order valence-electron chi connectivity index (χ4n) is 2.76. The van der Waals surface area contributed by atoms with Gasteiger partial charge < -0.3 is 10.4 Å². The number of benzene rings is 1. The van der Waals surface area contributed by atoms with Gasteiger partial charge in [-0.05, 0) is 18.4 Å². The van der Waals surface area contributed by atoms with Crippen molar-refractivity contribution in [3.05, 3.63) is 35.9 Å². The number of nitrogens with zero attached hydrogens (tertiary/aromatic N) is 1. The molecule has 1 unspecified atom stereocenters. The number of nitrogens with one attached hydrogen (secondary N) is 1. The minimum Gasteiger partial charge on any atom is -0.394 e. The van der Waals surface area contributed by atoms with Crippen molar-refractivity contribution in [2.24, 2.45) is 5.41 Å². The number of hydrogen-bond donors (Lipinski definition) is 2. The second kappa shape index (κ2) is 6.53. The normalized spacial score (nSPS) is 18.8. The van der Waals surface area contributed by atoms with Gasteiger partial charge in [-0.1, -0.05) is 49.6 Å². The summed E-state index contributed by atoms with van der Waals surface area (Å²) in [6.45, 7) is -0.169. The van der Waals surface area contributed by atoms with Gasteiger partial charge in [-0.3, -0.25) is 4.79 Å². The fourth-order valence-corrected chi connectivity index (χ4v) is 2.76. The third-order valence-electron chi connectivity index (χ3n) is 4.05. The lowest BCUT2D eigenvalue weighted by atomic mass is 9.74. The van der Waals surface area contributed by atoms with Crippen molar-refractivity contribution in [3.8, 4) is 6.07 Å². The highest BCUT2D eigenvalue weighted by molar-refractivity contribution is 5.85. The highest BCUT2D eigenvalue weighted by Gasteiger charge is 2.40. The van der Waals surface area contributed by atoms with E-state index in [4.69, 9.17) is 0 Å². The van der Waals surface area contributed by atoms with Crippen LogP contribution >= 0.6 is 0 Å². The van der Waals surface area contributed by atoms with Crippen molar-refractivity contribution in [1.29, 1.82) is 5.26 Å². The Kier molecular flexibility index (Phi) is 4.75. The highest BCUT2D eigenvalue weighted by Crippen LogP contribution is 2.36. The summed E-state index contributed by atoms with van der Waals surface area (Å²) in [5, 5.41) is 21.7. The SMILES string of the molecule is N#CC1(C(=O)NC(CO)c2ccccc2)CCCCC1. The van der Waals surface area contributed by atoms with Crippen LogP contribution in [0.15, 0.2) is 30.3 Å². The standard InChI is InChI=1S/C16H20N2O2/c17-12-16(9-5-2-6-10-16)15(20)18-14(11-19)13-7-3-1-4-8-13/h1,3-4,7-8,14,19H,2,5-6,9-11H2,(H,18,20). The number of carbonyl (C=O) groups excluding carboxylic acids is 1. The van der Waals surface area contributed by atoms with Crippen LogP contribution in [0.5, 0.6) is 0 Å². The first-order valence-electron chi connectivity index (χ1n) is 7.10. The van der Waals surface area contributed by atoms with Gasteiger partial charge in [0.15, 0.2) is 0 Å². The van der Waals surface area contributed by atoms with Crippen LogP contribution in [0.1, 0.15) is 43.7 Å². The summed E-state index contributed by atoms with van der Waals surface area (Å²) in [7, 11) is 0. The minimum atomic E-state index is -0.916. The molecular weight excluding hydrogens is 252 g/mol. The molecule has 0 spiro atoms. The quantitative estimate of drug-likeness (QED) is 0.883. The number of hydrogen-bond acceptors (Lipinski definition) is 3. The molecule has 106 valence electrons. The van der Waals surface area contributed by atoms with Crippen molar-refractivity contribution >= 4 is 5.91 Å². The van der Waals surface area contributed by atoms with Crippen LogP contribution in [-0.2, 0) is 4.79 Å². The third kappa shape index (κ3) is 3.00. The summed E-state index contributed by atoms with van der Waals surface area (Å²) in [6, 6.07) is 11.1. The second-order valence-corrected chi connectivity index (χ2v) is 5.37. The van der Waals surface area contributed by atoms with Crippen LogP contribution < -0.4 is 5.32 Å². The van der Waals surface area contributed by atoms with Crippen LogP contribution in [0, 0.1) is 16.7 Å². The molecule has 1 atom stereocenters. The summed E-state index contributed by atoms with van der Waals surface area (Å²) in [5.41, 5.74) is -0.0623. The Morgan fingerprint density at radius 2 is 1.95 bits per heavy atom. The molecule has 1 aliphatic rings. The number of carbonyl (C=O) groups is 1. The summed E-state index contributed by atoms with van der Waals surface area (Å²) in [6.07, 6.45) is 4.13. The molecule has 1 aromatic rings. The van der Waals surface area contributed by atoms with E-state index in [1.807, 2.05) is 30.3 Å². The molecule has 1 fully saturated rings. The fraction of sp³-hybridized carbons (Fsp3) is 0.500. The molecule has 2 N–H and O–H groups in total. The van der Waals surface area contributed by atoms with Crippen LogP contribution in [-0.4, -0.2) is 17.6 Å². The molecular formula is C16H20N2O2. The number of aliphatic hydroxyl groups excluding tert-OH is 1. The van der Waals surface area contributed by atoms with E-state index in [0.717, 1.165) is 24.8 Å². The van der Waals surface area contributed by atoms with Crippen LogP contribution in [0.2, 0.25) is 0 Å². The smallest absolute Gasteiger partial charge is 0.241 e. The molecule has 1 saturated carbocycles. The Balaban J connectivity index is 2.11. The van der Waals surface area contributed by atoms with Crippen molar-refractivity contribution in [2.45, 2.75) is 38.1 Å². The molecule has 20 heavy (non-hydrogen) atoms. The zero-order valence-electron chi connectivity index (χ0n) is 11.5. The molecule has 0 bridgehead atoms. The zero-order valence-corrected chi connectivity index (χ0v) is 11.5. The Hall–Kier alpha value is -1.86. The van der Waals surface area contributed by atoms with E-state index < -0.39 is 11.5 Å². The van der Waals surface area contributed by atoms with Gasteiger partial charge in [0.2, 0.25) is 5.91 Å². The number of aliphatic hydroxyl groups is 1. The van der Waals surface area contributed by atoms with Gasteiger partial charge >= 0.3 is 0 Å². The molecule has 1 aromatic carbocycles. The van der Waals surface area contributed by atoms with Crippen molar-refractivity contribution in [2.75, 3.05) is 6.61 Å². The number of nitriles is 1. The summed E-state index contributed by atoms with van der Waals surface area (Å²) in [5.74, 6) is -0.248. The first-order chi connectivity index (χ1) is 9.72. The highest BCUT2D eigenvalue weighted by atomic mass is 16.3. The molecule has 0 aliphatic heterocycles. The maximum atomic E-state index is 12.4. The van der Waals surface area contributed by atoms with Gasteiger partial charge in [-0.25, -0.2) is 0 Å². The van der Waals surface area contributed by atoms with Crippen molar-refractivity contribution in [1.82, 2.24) is 5.32 Å². The van der Waals surface area contributed by atoms with Gasteiger partial charge in [0.1, 0.15) is 5.41 Å². The molecule has 1 amide bonds. The average Bonchev–Trinajstić information content (AvgIpc) is 2.53. The molecule has 0 aromatic heterocycles. The molecule has 0 heterocycles. The van der Waals surface area contributed by atoms with Gasteiger partial charge in [-0.2, -0.15) is 5.26 Å². The summed E-state index contributed by atoms with van der Waals surface area (Å²) >= 11 is 0. The lowest BCUT2D eigenvalue weighted by Crippen LogP contribution is -2.43. The first-order valence-corrected chi connectivity index (χ1v) is 7.10. The maximum Gasteiger partial charge on any atom is 0.241 e. The monoisotopic (exact) mass is 272 g/mol. The van der Waals surface area contributed by atoms with Gasteiger partial charge in [-0.15, -0.1) is 0 Å². The Labute approximate surface area is 119 Å². The van der Waals surface area contributed by atoms with Gasteiger partial charge in [0.25, 0.3) is 0 Å². The van der Waals surface area contributed by atoms with E-state index in [1.165, 1.54) is 0 Å². The Morgan fingerprint density at radius 3 is 2.50 bits per heavy atom. The second-order valence-electron chi connectivity index (χ2n) is 5.37. The van der Waals surface area contributed by atoms with E-state index in [9.17, 15) is 15.2 Å². The van der Waals surface area contributed by atoms with Crippen LogP contribution in [0.3, 0.4) is 0 Å². The van der Waals surface area contributed by atoms with Crippen molar-refractivity contribution < 1.29 is 9.90 Å². The van der Waals surface area contributed by atoms with E-state index in [-0.39, 0.29) is 12.5 Å². The Bertz CT molecular complexity index is 487. The predicted molar refractivity (Wildman–Crippen MR) is 75.5 cm³/mol. The Morgan fingerprint density at radius 1 is 1.30 bits per heavy atom. The maximum absolute atomic E-state index is 12.4. The minimum absolute atomic E-state index is 0.169. The predicted octanol–water partition coefficient (Wildman–Crippen LogP) is 2.31. The number of rotatable bonds is 4. The van der Waals surface area contributed by atoms with Crippen molar-refractivity contribution in [3.63, 3.8) is 0 Å². The molecule has 2 rings (SSSR count). The molecule has 0 saturated heterocycles. The van der Waals surface area contributed by atoms with E-state index >= 15 is 0 Å². The average molecular weight is 272 g/mol. The molecule has 4 nitrogen and oxygen atoms in total. The lowest BCUT2D eigenvalue weighted by molar-refractivity contribution is -0.130.